The van der Waals surface area contributed by atoms with Crippen molar-refractivity contribution in [2.75, 3.05) is 11.1 Å². The summed E-state index contributed by atoms with van der Waals surface area (Å²) in [7, 11) is 0. The van der Waals surface area contributed by atoms with Gasteiger partial charge in [0.25, 0.3) is 5.91 Å². The molecule has 0 aliphatic heterocycles. The van der Waals surface area contributed by atoms with Gasteiger partial charge in [0.1, 0.15) is 5.82 Å². The van der Waals surface area contributed by atoms with Gasteiger partial charge >= 0.3 is 5.97 Å². The molecule has 3 aromatic rings. The normalized spacial score (nSPS) is 11.8. The lowest BCUT2D eigenvalue weighted by Gasteiger charge is -2.13. The summed E-state index contributed by atoms with van der Waals surface area (Å²) in [5, 5.41) is 13.3. The Morgan fingerprint density at radius 1 is 1.28 bits per heavy atom. The van der Waals surface area contributed by atoms with E-state index in [9.17, 15) is 14.0 Å². The van der Waals surface area contributed by atoms with Gasteiger partial charge in [-0.15, -0.1) is 21.5 Å². The van der Waals surface area contributed by atoms with Crippen LogP contribution in [-0.2, 0) is 20.9 Å². The van der Waals surface area contributed by atoms with Crippen LogP contribution >= 0.6 is 23.1 Å². The van der Waals surface area contributed by atoms with Crippen LogP contribution < -0.4 is 5.32 Å². The highest BCUT2D eigenvalue weighted by Crippen LogP contribution is 2.27. The monoisotopic (exact) mass is 434 g/mol. The maximum Gasteiger partial charge on any atom is 0.317 e. The minimum Gasteiger partial charge on any atom is -0.452 e. The molecule has 0 bridgehead atoms. The van der Waals surface area contributed by atoms with Crippen molar-refractivity contribution in [2.45, 2.75) is 31.7 Å². The van der Waals surface area contributed by atoms with Crippen molar-refractivity contribution in [1.82, 2.24) is 14.8 Å². The van der Waals surface area contributed by atoms with Crippen molar-refractivity contribution in [2.24, 2.45) is 0 Å². The number of halogens is 1. The molecule has 0 aliphatic rings. The van der Waals surface area contributed by atoms with E-state index in [1.165, 1.54) is 36.9 Å². The molecule has 10 heteroatoms. The number of rotatable bonds is 8. The molecule has 0 saturated heterocycles. The Morgan fingerprint density at radius 3 is 2.76 bits per heavy atom. The van der Waals surface area contributed by atoms with Crippen molar-refractivity contribution in [3.05, 3.63) is 47.6 Å². The third-order valence-electron chi connectivity index (χ3n) is 3.90. The number of hydrogen-bond donors (Lipinski definition) is 1. The van der Waals surface area contributed by atoms with Crippen molar-refractivity contribution in [1.29, 1.82) is 0 Å². The molecule has 152 valence electrons. The second-order valence-corrected chi connectivity index (χ2v) is 7.81. The number of hydrogen-bond acceptors (Lipinski definition) is 7. The molecule has 7 nitrogen and oxygen atoms in total. The summed E-state index contributed by atoms with van der Waals surface area (Å²) in [5.74, 6) is -1.02. The Hall–Kier alpha value is -2.72. The van der Waals surface area contributed by atoms with Crippen LogP contribution in [0.15, 0.2) is 46.9 Å². The zero-order valence-corrected chi connectivity index (χ0v) is 17.4. The molecule has 0 aliphatic carbocycles. The zero-order valence-electron chi connectivity index (χ0n) is 15.8. The number of carbonyl (C=O) groups is 2. The quantitative estimate of drug-likeness (QED) is 0.428. The van der Waals surface area contributed by atoms with Crippen molar-refractivity contribution >= 4 is 40.7 Å². The molecule has 0 spiro atoms. The summed E-state index contributed by atoms with van der Waals surface area (Å²) in [4.78, 5) is 25.2. The molecule has 1 amide bonds. The number of para-hydroxylation sites is 1. The first-order valence-corrected chi connectivity index (χ1v) is 10.7. The number of nitrogens with zero attached hydrogens (tertiary/aromatic N) is 3. The van der Waals surface area contributed by atoms with Gasteiger partial charge in [0.2, 0.25) is 0 Å². The Labute approximate surface area is 175 Å². The van der Waals surface area contributed by atoms with Crippen LogP contribution in [0.1, 0.15) is 13.8 Å². The van der Waals surface area contributed by atoms with E-state index in [1.807, 2.05) is 29.0 Å². The van der Waals surface area contributed by atoms with Gasteiger partial charge in [-0.2, -0.15) is 0 Å². The number of thiophene rings is 1. The first kappa shape index (κ1) is 21.0. The van der Waals surface area contributed by atoms with Gasteiger partial charge in [-0.05, 0) is 37.4 Å². The van der Waals surface area contributed by atoms with Crippen LogP contribution in [0.4, 0.5) is 10.1 Å². The van der Waals surface area contributed by atoms with E-state index in [1.54, 1.807) is 17.4 Å². The molecule has 0 saturated carbocycles. The highest BCUT2D eigenvalue weighted by Gasteiger charge is 2.20. The molecule has 1 aromatic carbocycles. The molecule has 0 fully saturated rings. The van der Waals surface area contributed by atoms with Crippen molar-refractivity contribution in [3.8, 4) is 10.7 Å². The lowest BCUT2D eigenvalue weighted by atomic mass is 10.3. The number of ether oxygens (including phenoxy) is 1. The van der Waals surface area contributed by atoms with Gasteiger partial charge in [0.15, 0.2) is 17.1 Å². The molecule has 1 N–H and O–H groups in total. The first-order valence-electron chi connectivity index (χ1n) is 8.84. The number of esters is 1. The Balaban J connectivity index is 1.55. The number of carbonyl (C=O) groups excluding carboxylic acids is 2. The SMILES string of the molecule is CCn1c(SCC(=O)OC(C)C(=O)Nc2ccccc2F)nnc1-c1cccs1. The summed E-state index contributed by atoms with van der Waals surface area (Å²) in [6.07, 6.45) is -1.06. The van der Waals surface area contributed by atoms with E-state index in [2.05, 4.69) is 15.5 Å². The van der Waals surface area contributed by atoms with Crippen molar-refractivity contribution < 1.29 is 18.7 Å². The summed E-state index contributed by atoms with van der Waals surface area (Å²) in [5.41, 5.74) is 0.0342. The van der Waals surface area contributed by atoms with Crippen LogP contribution in [0.2, 0.25) is 0 Å². The lowest BCUT2D eigenvalue weighted by Crippen LogP contribution is -2.30. The average Bonchev–Trinajstić information content (AvgIpc) is 3.37. The third kappa shape index (κ3) is 5.21. The van der Waals surface area contributed by atoms with Crippen LogP contribution in [-0.4, -0.2) is 38.5 Å². The van der Waals surface area contributed by atoms with E-state index in [0.717, 1.165) is 10.7 Å². The molecule has 2 aromatic heterocycles. The third-order valence-corrected chi connectivity index (χ3v) is 5.71. The molecule has 29 heavy (non-hydrogen) atoms. The van der Waals surface area contributed by atoms with Crippen LogP contribution in [0.5, 0.6) is 0 Å². The number of amides is 1. The second kappa shape index (κ2) is 9.66. The van der Waals surface area contributed by atoms with Gasteiger partial charge in [0, 0.05) is 6.54 Å². The fraction of sp³-hybridized carbons (Fsp3) is 0.263. The molecule has 3 rings (SSSR count). The van der Waals surface area contributed by atoms with E-state index in [4.69, 9.17) is 4.74 Å². The average molecular weight is 435 g/mol. The second-order valence-electron chi connectivity index (χ2n) is 5.92. The van der Waals surface area contributed by atoms with Gasteiger partial charge < -0.3 is 14.6 Å². The fourth-order valence-electron chi connectivity index (χ4n) is 2.47. The maximum atomic E-state index is 13.6. The summed E-state index contributed by atoms with van der Waals surface area (Å²) < 4.78 is 20.7. The van der Waals surface area contributed by atoms with E-state index in [0.29, 0.717) is 11.7 Å². The topological polar surface area (TPSA) is 86.1 Å². The highest BCUT2D eigenvalue weighted by molar-refractivity contribution is 7.99. The van der Waals surface area contributed by atoms with Gasteiger partial charge in [-0.25, -0.2) is 4.39 Å². The molecule has 1 unspecified atom stereocenters. The Morgan fingerprint density at radius 2 is 2.07 bits per heavy atom. The zero-order chi connectivity index (χ0) is 20.8. The van der Waals surface area contributed by atoms with E-state index >= 15 is 0 Å². The minimum absolute atomic E-state index is 0.0279. The highest BCUT2D eigenvalue weighted by atomic mass is 32.2. The number of benzene rings is 1. The molecule has 2 heterocycles. The number of nitrogens with one attached hydrogen (secondary N) is 1. The van der Waals surface area contributed by atoms with Gasteiger partial charge in [-0.3, -0.25) is 9.59 Å². The minimum atomic E-state index is -1.06. The van der Waals surface area contributed by atoms with E-state index in [-0.39, 0.29) is 11.4 Å². The Kier molecular flexibility index (Phi) is 6.99. The number of thioether (sulfide) groups is 1. The van der Waals surface area contributed by atoms with Gasteiger partial charge in [0.05, 0.1) is 16.3 Å². The Bertz CT molecular complexity index is 991. The predicted molar refractivity (Wildman–Crippen MR) is 110 cm³/mol. The fourth-order valence-corrected chi connectivity index (χ4v) is 3.98. The first-order chi connectivity index (χ1) is 14.0. The molecular weight excluding hydrogens is 415 g/mol. The molecule has 1 atom stereocenters. The van der Waals surface area contributed by atoms with Crippen molar-refractivity contribution in [3.63, 3.8) is 0 Å². The summed E-state index contributed by atoms with van der Waals surface area (Å²) in [6.45, 7) is 4.05. The standard InChI is InChI=1S/C19H19FN4O3S2/c1-3-24-17(15-9-6-10-28-15)22-23-19(24)29-11-16(25)27-12(2)18(26)21-14-8-5-4-7-13(14)20/h4-10,12H,3,11H2,1-2H3,(H,21,26). The van der Waals surface area contributed by atoms with Crippen LogP contribution in [0.3, 0.4) is 0 Å². The van der Waals surface area contributed by atoms with Crippen LogP contribution in [0.25, 0.3) is 10.7 Å². The predicted octanol–water partition coefficient (Wildman–Crippen LogP) is 3.83. The molecule has 0 radical (unpaired) electrons. The van der Waals surface area contributed by atoms with E-state index < -0.39 is 23.8 Å². The number of anilines is 1. The van der Waals surface area contributed by atoms with Crippen LogP contribution in [0, 0.1) is 5.82 Å². The lowest BCUT2D eigenvalue weighted by molar-refractivity contribution is -0.150. The number of aromatic nitrogens is 3. The largest absolute Gasteiger partial charge is 0.452 e. The molecular formula is C19H19FN4O3S2. The summed E-state index contributed by atoms with van der Waals surface area (Å²) in [6, 6.07) is 9.68. The smallest absolute Gasteiger partial charge is 0.317 e. The maximum absolute atomic E-state index is 13.6. The summed E-state index contributed by atoms with van der Waals surface area (Å²) >= 11 is 2.75. The van der Waals surface area contributed by atoms with Gasteiger partial charge in [-0.1, -0.05) is 30.0 Å².